The van der Waals surface area contributed by atoms with E-state index in [1.54, 1.807) is 30.3 Å². The molecule has 146 valence electrons. The van der Waals surface area contributed by atoms with Crippen molar-refractivity contribution < 1.29 is 14.4 Å². The van der Waals surface area contributed by atoms with Gasteiger partial charge in [-0.05, 0) is 53.4 Å². The highest BCUT2D eigenvalue weighted by Crippen LogP contribution is 2.32. The van der Waals surface area contributed by atoms with Gasteiger partial charge in [0.05, 0.1) is 11.3 Å². The summed E-state index contributed by atoms with van der Waals surface area (Å²) in [5.74, 6) is -0.772. The summed E-state index contributed by atoms with van der Waals surface area (Å²) in [6, 6.07) is 18.1. The lowest BCUT2D eigenvalue weighted by molar-refractivity contribution is -0.117. The molecular weight excluding hydrogens is 366 g/mol. The van der Waals surface area contributed by atoms with Crippen LogP contribution in [0.2, 0.25) is 0 Å². The molecule has 4 rings (SSSR count). The predicted octanol–water partition coefficient (Wildman–Crippen LogP) is 3.22. The largest absolute Gasteiger partial charge is 0.366 e. The Labute approximate surface area is 168 Å². The van der Waals surface area contributed by atoms with Crippen LogP contribution in [0.1, 0.15) is 39.1 Å². The van der Waals surface area contributed by atoms with Crippen LogP contribution in [0.3, 0.4) is 0 Å². The normalized spacial score (nSPS) is 13.1. The van der Waals surface area contributed by atoms with E-state index in [1.807, 2.05) is 30.3 Å². The number of rotatable bonds is 6. The summed E-state index contributed by atoms with van der Waals surface area (Å²) in [5.41, 5.74) is 7.44. The molecule has 1 aliphatic rings. The summed E-state index contributed by atoms with van der Waals surface area (Å²) < 4.78 is 0. The zero-order chi connectivity index (χ0) is 20.4. The van der Waals surface area contributed by atoms with Crippen LogP contribution in [0.5, 0.6) is 0 Å². The number of hydrogen-bond donors (Lipinski definition) is 3. The average molecular weight is 387 g/mol. The number of fused-ring (bicyclic) bond motifs is 1. The van der Waals surface area contributed by atoms with Crippen molar-refractivity contribution in [1.29, 1.82) is 0 Å². The van der Waals surface area contributed by atoms with Gasteiger partial charge in [0.1, 0.15) is 0 Å². The Bertz CT molecular complexity index is 1100. The second kappa shape index (κ2) is 7.75. The number of primary amides is 1. The maximum Gasteiger partial charge on any atom is 0.253 e. The quantitative estimate of drug-likeness (QED) is 0.605. The number of nitrogens with one attached hydrogen (secondary N) is 2. The molecule has 0 atom stereocenters. The van der Waals surface area contributed by atoms with E-state index < -0.39 is 5.91 Å². The van der Waals surface area contributed by atoms with Gasteiger partial charge in [-0.3, -0.25) is 14.4 Å². The van der Waals surface area contributed by atoms with E-state index >= 15 is 0 Å². The third-order valence-electron chi connectivity index (χ3n) is 5.03. The SMILES string of the molecule is NC(=O)c1ccc(CNC(=O)c2cc3ccccc3cc2NC(=O)C2CC2)cc1. The molecule has 1 fully saturated rings. The van der Waals surface area contributed by atoms with Crippen LogP contribution in [0, 0.1) is 5.92 Å². The first-order valence-electron chi connectivity index (χ1n) is 9.52. The molecule has 1 aliphatic carbocycles. The van der Waals surface area contributed by atoms with Gasteiger partial charge in [-0.15, -0.1) is 0 Å². The van der Waals surface area contributed by atoms with Crippen LogP contribution in [-0.4, -0.2) is 17.7 Å². The van der Waals surface area contributed by atoms with E-state index in [9.17, 15) is 14.4 Å². The van der Waals surface area contributed by atoms with Crippen molar-refractivity contribution in [3.05, 3.63) is 77.4 Å². The van der Waals surface area contributed by atoms with E-state index in [0.29, 0.717) is 23.4 Å². The molecule has 0 spiro atoms. The molecule has 0 unspecified atom stereocenters. The number of carbonyl (C=O) groups is 3. The third kappa shape index (κ3) is 4.27. The highest BCUT2D eigenvalue weighted by atomic mass is 16.2. The molecule has 1 saturated carbocycles. The third-order valence-corrected chi connectivity index (χ3v) is 5.03. The van der Waals surface area contributed by atoms with E-state index in [1.165, 1.54) is 0 Å². The predicted molar refractivity (Wildman–Crippen MR) is 111 cm³/mol. The lowest BCUT2D eigenvalue weighted by atomic mass is 10.0. The summed E-state index contributed by atoms with van der Waals surface area (Å²) in [7, 11) is 0. The second-order valence-electron chi connectivity index (χ2n) is 7.25. The summed E-state index contributed by atoms with van der Waals surface area (Å²) in [6.45, 7) is 0.292. The van der Waals surface area contributed by atoms with Crippen molar-refractivity contribution in [3.63, 3.8) is 0 Å². The molecule has 29 heavy (non-hydrogen) atoms. The Kier molecular flexibility index (Phi) is 4.99. The highest BCUT2D eigenvalue weighted by molar-refractivity contribution is 6.08. The van der Waals surface area contributed by atoms with Gasteiger partial charge in [0.25, 0.3) is 5.91 Å². The van der Waals surface area contributed by atoms with Crippen molar-refractivity contribution in [3.8, 4) is 0 Å². The van der Waals surface area contributed by atoms with Crippen molar-refractivity contribution in [2.24, 2.45) is 11.7 Å². The van der Waals surface area contributed by atoms with Gasteiger partial charge in [-0.2, -0.15) is 0 Å². The van der Waals surface area contributed by atoms with Gasteiger partial charge >= 0.3 is 0 Å². The molecule has 3 aromatic rings. The fourth-order valence-corrected chi connectivity index (χ4v) is 3.18. The molecule has 0 saturated heterocycles. The van der Waals surface area contributed by atoms with E-state index in [2.05, 4.69) is 10.6 Å². The zero-order valence-corrected chi connectivity index (χ0v) is 15.8. The molecule has 0 aliphatic heterocycles. The fraction of sp³-hybridized carbons (Fsp3) is 0.174. The minimum atomic E-state index is -0.493. The van der Waals surface area contributed by atoms with Crippen LogP contribution in [0.15, 0.2) is 60.7 Å². The van der Waals surface area contributed by atoms with Gasteiger partial charge < -0.3 is 16.4 Å². The molecule has 4 N–H and O–H groups in total. The molecular formula is C23H21N3O3. The van der Waals surface area contributed by atoms with E-state index in [4.69, 9.17) is 5.73 Å². The summed E-state index contributed by atoms with van der Waals surface area (Å²) in [5, 5.41) is 7.67. The summed E-state index contributed by atoms with van der Waals surface area (Å²) in [6.07, 6.45) is 1.78. The topological polar surface area (TPSA) is 101 Å². The van der Waals surface area contributed by atoms with Crippen LogP contribution in [0.25, 0.3) is 10.8 Å². The van der Waals surface area contributed by atoms with Crippen molar-refractivity contribution in [2.45, 2.75) is 19.4 Å². The smallest absolute Gasteiger partial charge is 0.253 e. The molecule has 0 aromatic heterocycles. The standard InChI is InChI=1S/C23H21N3O3/c24-21(27)15-7-5-14(6-8-15)13-25-23(29)19-11-17-3-1-2-4-18(17)12-20(19)26-22(28)16-9-10-16/h1-8,11-12,16H,9-10,13H2,(H2,24,27)(H,25,29)(H,26,28). The lowest BCUT2D eigenvalue weighted by Crippen LogP contribution is -2.25. The first-order valence-corrected chi connectivity index (χ1v) is 9.52. The number of carbonyl (C=O) groups excluding carboxylic acids is 3. The van der Waals surface area contributed by atoms with Gasteiger partial charge in [0.2, 0.25) is 11.8 Å². The highest BCUT2D eigenvalue weighted by Gasteiger charge is 2.30. The molecule has 6 nitrogen and oxygen atoms in total. The molecule has 3 amide bonds. The van der Waals surface area contributed by atoms with Crippen molar-refractivity contribution in [2.75, 3.05) is 5.32 Å². The van der Waals surface area contributed by atoms with Crippen molar-refractivity contribution in [1.82, 2.24) is 5.32 Å². The molecule has 6 heteroatoms. The van der Waals surface area contributed by atoms with Gasteiger partial charge in [-0.25, -0.2) is 0 Å². The number of amides is 3. The monoisotopic (exact) mass is 387 g/mol. The second-order valence-corrected chi connectivity index (χ2v) is 7.25. The Hall–Kier alpha value is -3.67. The molecule has 0 radical (unpaired) electrons. The molecule has 0 heterocycles. The van der Waals surface area contributed by atoms with Crippen LogP contribution in [0.4, 0.5) is 5.69 Å². The molecule has 0 bridgehead atoms. The van der Waals surface area contributed by atoms with Crippen LogP contribution in [-0.2, 0) is 11.3 Å². The summed E-state index contributed by atoms with van der Waals surface area (Å²) in [4.78, 5) is 36.3. The van der Waals surface area contributed by atoms with Gasteiger partial charge in [0, 0.05) is 18.0 Å². The maximum absolute atomic E-state index is 12.9. The number of nitrogens with two attached hydrogens (primary N) is 1. The zero-order valence-electron chi connectivity index (χ0n) is 15.8. The Balaban J connectivity index is 1.56. The summed E-state index contributed by atoms with van der Waals surface area (Å²) >= 11 is 0. The van der Waals surface area contributed by atoms with Crippen molar-refractivity contribution >= 4 is 34.2 Å². The Morgan fingerprint density at radius 1 is 0.931 bits per heavy atom. The Morgan fingerprint density at radius 3 is 2.21 bits per heavy atom. The minimum Gasteiger partial charge on any atom is -0.366 e. The maximum atomic E-state index is 12.9. The average Bonchev–Trinajstić information content (AvgIpc) is 3.57. The van der Waals surface area contributed by atoms with Gasteiger partial charge in [0.15, 0.2) is 0 Å². The van der Waals surface area contributed by atoms with Gasteiger partial charge in [-0.1, -0.05) is 36.4 Å². The van der Waals surface area contributed by atoms with Crippen LogP contribution >= 0.6 is 0 Å². The number of benzene rings is 3. The number of anilines is 1. The number of hydrogen-bond acceptors (Lipinski definition) is 3. The van der Waals surface area contributed by atoms with E-state index in [-0.39, 0.29) is 17.7 Å². The fourth-order valence-electron chi connectivity index (χ4n) is 3.18. The van der Waals surface area contributed by atoms with E-state index in [0.717, 1.165) is 29.2 Å². The first kappa shape index (κ1) is 18.7. The first-order chi connectivity index (χ1) is 14.0. The van der Waals surface area contributed by atoms with Crippen LogP contribution < -0.4 is 16.4 Å². The molecule has 3 aromatic carbocycles. The minimum absolute atomic E-state index is 0.0427. The lowest BCUT2D eigenvalue weighted by Gasteiger charge is -2.13. The Morgan fingerprint density at radius 2 is 1.59 bits per heavy atom.